The summed E-state index contributed by atoms with van der Waals surface area (Å²) in [5.41, 5.74) is -2.08. The molecule has 0 aliphatic heterocycles. The van der Waals surface area contributed by atoms with Gasteiger partial charge in [-0.25, -0.2) is 0 Å². The van der Waals surface area contributed by atoms with Crippen molar-refractivity contribution in [3.05, 3.63) is 0 Å². The molecular formula is C12H16O8. The second-order valence-electron chi connectivity index (χ2n) is 4.97. The number of aliphatic carboxylic acids is 4. The van der Waals surface area contributed by atoms with Crippen LogP contribution in [0.15, 0.2) is 0 Å². The van der Waals surface area contributed by atoms with Crippen LogP contribution in [-0.4, -0.2) is 44.3 Å². The Morgan fingerprint density at radius 2 is 1.65 bits per heavy atom. The van der Waals surface area contributed by atoms with Gasteiger partial charge in [-0.1, -0.05) is 12.8 Å². The van der Waals surface area contributed by atoms with Crippen molar-refractivity contribution in [2.24, 2.45) is 17.3 Å². The fourth-order valence-corrected chi connectivity index (χ4v) is 3.03. The third-order valence-corrected chi connectivity index (χ3v) is 3.95. The van der Waals surface area contributed by atoms with Crippen LogP contribution in [-0.2, 0) is 19.2 Å². The second-order valence-corrected chi connectivity index (χ2v) is 4.97. The van der Waals surface area contributed by atoms with E-state index in [1.165, 1.54) is 0 Å². The average molecular weight is 288 g/mol. The first-order valence-corrected chi connectivity index (χ1v) is 6.14. The first kappa shape index (κ1) is 15.9. The smallest absolute Gasteiger partial charge is 0.311 e. The van der Waals surface area contributed by atoms with E-state index in [4.69, 9.17) is 10.2 Å². The zero-order valence-corrected chi connectivity index (χ0v) is 10.6. The molecule has 3 atom stereocenters. The summed E-state index contributed by atoms with van der Waals surface area (Å²) in [6.45, 7) is 0. The average Bonchev–Trinajstić information content (AvgIpc) is 2.34. The zero-order valence-electron chi connectivity index (χ0n) is 10.6. The Kier molecular flexibility index (Phi) is 4.69. The van der Waals surface area contributed by atoms with Crippen LogP contribution in [0.2, 0.25) is 0 Å². The molecule has 0 bridgehead atoms. The Bertz CT molecular complexity index is 443. The number of carboxylic acid groups (broad SMARTS) is 4. The van der Waals surface area contributed by atoms with Gasteiger partial charge in [-0.2, -0.15) is 0 Å². The van der Waals surface area contributed by atoms with Gasteiger partial charge in [0.1, 0.15) is 0 Å². The van der Waals surface area contributed by atoms with Crippen molar-refractivity contribution in [3.8, 4) is 0 Å². The molecule has 0 amide bonds. The third-order valence-electron chi connectivity index (χ3n) is 3.95. The molecular weight excluding hydrogens is 272 g/mol. The minimum absolute atomic E-state index is 0.0328. The van der Waals surface area contributed by atoms with E-state index in [2.05, 4.69) is 0 Å². The van der Waals surface area contributed by atoms with Gasteiger partial charge < -0.3 is 20.4 Å². The molecule has 1 aliphatic rings. The Morgan fingerprint density at radius 3 is 2.05 bits per heavy atom. The minimum Gasteiger partial charge on any atom is -0.481 e. The van der Waals surface area contributed by atoms with Gasteiger partial charge in [0.05, 0.1) is 23.7 Å². The molecule has 20 heavy (non-hydrogen) atoms. The van der Waals surface area contributed by atoms with Crippen LogP contribution in [0.25, 0.3) is 0 Å². The van der Waals surface area contributed by atoms with Gasteiger partial charge in [-0.05, 0) is 12.8 Å². The molecule has 112 valence electrons. The van der Waals surface area contributed by atoms with Crippen LogP contribution in [0.5, 0.6) is 0 Å². The van der Waals surface area contributed by atoms with Crippen LogP contribution in [0, 0.1) is 17.3 Å². The van der Waals surface area contributed by atoms with Crippen LogP contribution < -0.4 is 0 Å². The fraction of sp³-hybridized carbons (Fsp3) is 0.667. The van der Waals surface area contributed by atoms with Gasteiger partial charge >= 0.3 is 23.9 Å². The lowest BCUT2D eigenvalue weighted by molar-refractivity contribution is -0.179. The molecule has 0 aromatic heterocycles. The summed E-state index contributed by atoms with van der Waals surface area (Å²) in [5, 5.41) is 36.6. The highest BCUT2D eigenvalue weighted by Gasteiger charge is 2.58. The highest BCUT2D eigenvalue weighted by atomic mass is 16.4. The van der Waals surface area contributed by atoms with Crippen molar-refractivity contribution in [3.63, 3.8) is 0 Å². The summed E-state index contributed by atoms with van der Waals surface area (Å²) in [7, 11) is 0. The maximum atomic E-state index is 11.6. The Hall–Kier alpha value is -2.12. The van der Waals surface area contributed by atoms with Gasteiger partial charge in [0.15, 0.2) is 0 Å². The zero-order chi connectivity index (χ0) is 15.5. The highest BCUT2D eigenvalue weighted by Crippen LogP contribution is 2.48. The van der Waals surface area contributed by atoms with Crippen molar-refractivity contribution >= 4 is 23.9 Å². The van der Waals surface area contributed by atoms with E-state index in [0.717, 1.165) is 0 Å². The summed E-state index contributed by atoms with van der Waals surface area (Å²) in [6.07, 6.45) is -0.190. The summed E-state index contributed by atoms with van der Waals surface area (Å²) in [6, 6.07) is 0. The predicted octanol–water partition coefficient (Wildman–Crippen LogP) is 0.508. The van der Waals surface area contributed by atoms with E-state index in [9.17, 15) is 29.4 Å². The maximum Gasteiger partial charge on any atom is 0.311 e. The van der Waals surface area contributed by atoms with E-state index in [-0.39, 0.29) is 12.8 Å². The van der Waals surface area contributed by atoms with E-state index in [1.807, 2.05) is 0 Å². The number of hydrogen-bond donors (Lipinski definition) is 4. The lowest BCUT2D eigenvalue weighted by Crippen LogP contribution is -2.52. The van der Waals surface area contributed by atoms with Gasteiger partial charge in [0, 0.05) is 0 Å². The minimum atomic E-state index is -2.08. The van der Waals surface area contributed by atoms with Crippen LogP contribution in [0.1, 0.15) is 32.1 Å². The van der Waals surface area contributed by atoms with E-state index in [0.29, 0.717) is 12.8 Å². The van der Waals surface area contributed by atoms with Crippen molar-refractivity contribution in [2.45, 2.75) is 32.1 Å². The third kappa shape index (κ3) is 2.73. The Labute approximate surface area is 114 Å². The number of carbonyl (C=O) groups is 4. The number of hydrogen-bond acceptors (Lipinski definition) is 4. The van der Waals surface area contributed by atoms with Gasteiger partial charge in [-0.3, -0.25) is 19.2 Å². The van der Waals surface area contributed by atoms with Crippen molar-refractivity contribution < 1.29 is 39.6 Å². The molecule has 0 saturated heterocycles. The molecule has 8 nitrogen and oxygen atoms in total. The molecule has 1 aliphatic carbocycles. The molecule has 1 fully saturated rings. The first-order chi connectivity index (χ1) is 9.23. The fourth-order valence-electron chi connectivity index (χ4n) is 3.03. The van der Waals surface area contributed by atoms with Gasteiger partial charge in [-0.15, -0.1) is 0 Å². The van der Waals surface area contributed by atoms with Crippen LogP contribution in [0.3, 0.4) is 0 Å². The summed E-state index contributed by atoms with van der Waals surface area (Å²) in [4.78, 5) is 45.0. The molecule has 0 radical (unpaired) electrons. The number of rotatable bonds is 6. The van der Waals surface area contributed by atoms with Crippen LogP contribution in [0.4, 0.5) is 0 Å². The van der Waals surface area contributed by atoms with Gasteiger partial charge in [0.2, 0.25) is 0 Å². The summed E-state index contributed by atoms with van der Waals surface area (Å²) in [5.74, 6) is -9.18. The highest BCUT2D eigenvalue weighted by molar-refractivity contribution is 5.90. The van der Waals surface area contributed by atoms with E-state index in [1.54, 1.807) is 0 Å². The van der Waals surface area contributed by atoms with Crippen molar-refractivity contribution in [2.75, 3.05) is 0 Å². The first-order valence-electron chi connectivity index (χ1n) is 6.14. The maximum absolute atomic E-state index is 11.6. The molecule has 3 unspecified atom stereocenters. The Morgan fingerprint density at radius 1 is 1.05 bits per heavy atom. The van der Waals surface area contributed by atoms with Gasteiger partial charge in [0.25, 0.3) is 0 Å². The van der Waals surface area contributed by atoms with Crippen molar-refractivity contribution in [1.82, 2.24) is 0 Å². The lowest BCUT2D eigenvalue weighted by atomic mass is 9.58. The quantitative estimate of drug-likeness (QED) is 0.552. The molecule has 1 rings (SSSR count). The van der Waals surface area contributed by atoms with E-state index >= 15 is 0 Å². The Balaban J connectivity index is 3.35. The van der Waals surface area contributed by atoms with Crippen molar-refractivity contribution in [1.29, 1.82) is 0 Å². The molecule has 0 aromatic rings. The molecule has 4 N–H and O–H groups in total. The largest absolute Gasteiger partial charge is 0.481 e. The van der Waals surface area contributed by atoms with E-state index < -0.39 is 47.5 Å². The monoisotopic (exact) mass is 288 g/mol. The summed E-state index contributed by atoms with van der Waals surface area (Å²) < 4.78 is 0. The van der Waals surface area contributed by atoms with Crippen LogP contribution >= 0.6 is 0 Å². The summed E-state index contributed by atoms with van der Waals surface area (Å²) >= 11 is 0. The normalized spacial score (nSPS) is 27.5. The lowest BCUT2D eigenvalue weighted by Gasteiger charge is -2.41. The molecule has 0 aromatic carbocycles. The standard InChI is InChI=1S/C12H16O8/c13-8(14)5-7(10(17)18)12(11(19)20)4-2-1-3-6(12)9(15)16/h6-7H,1-5H2,(H,13,14)(H,15,16)(H,17,18)(H,19,20). The molecule has 0 spiro atoms. The molecule has 8 heteroatoms. The number of carboxylic acids is 4. The second kappa shape index (κ2) is 5.89. The molecule has 0 heterocycles. The molecule has 1 saturated carbocycles. The SMILES string of the molecule is O=C(O)CC(C(=O)O)C1(C(=O)O)CCCCC1C(=O)O. The predicted molar refractivity (Wildman–Crippen MR) is 63.0 cm³/mol. The topological polar surface area (TPSA) is 149 Å².